The number of rotatable bonds is 5. The lowest BCUT2D eigenvalue weighted by molar-refractivity contribution is 0.370. The third-order valence-corrected chi connectivity index (χ3v) is 3.96. The number of aromatic nitrogens is 2. The summed E-state index contributed by atoms with van der Waals surface area (Å²) >= 11 is 0. The molecular formula is C15H27N3. The number of aryl methyl sites for hydroxylation is 1. The molecule has 0 saturated carbocycles. The quantitative estimate of drug-likeness (QED) is 0.869. The first-order chi connectivity index (χ1) is 8.58. The molecule has 0 amide bonds. The highest BCUT2D eigenvalue weighted by molar-refractivity contribution is 5.24. The second-order valence-electron chi connectivity index (χ2n) is 6.26. The molecule has 1 aromatic rings. The number of nitrogens with zero attached hydrogens (tertiary/aromatic N) is 2. The van der Waals surface area contributed by atoms with E-state index in [1.165, 1.54) is 36.9 Å². The molecule has 0 radical (unpaired) electrons. The Hall–Kier alpha value is -0.830. The highest BCUT2D eigenvalue weighted by Crippen LogP contribution is 2.29. The van der Waals surface area contributed by atoms with Gasteiger partial charge in [-0.25, -0.2) is 0 Å². The van der Waals surface area contributed by atoms with Gasteiger partial charge in [0.2, 0.25) is 0 Å². The predicted molar refractivity (Wildman–Crippen MR) is 75.5 cm³/mol. The Balaban J connectivity index is 1.91. The Bertz CT molecular complexity index is 381. The van der Waals surface area contributed by atoms with E-state index in [0.29, 0.717) is 6.04 Å². The smallest absolute Gasteiger partial charge is 0.0540 e. The maximum atomic E-state index is 4.40. The largest absolute Gasteiger partial charge is 0.310 e. The van der Waals surface area contributed by atoms with Gasteiger partial charge in [-0.15, -0.1) is 0 Å². The monoisotopic (exact) mass is 249 g/mol. The van der Waals surface area contributed by atoms with Crippen molar-refractivity contribution < 1.29 is 0 Å². The maximum Gasteiger partial charge on any atom is 0.0540 e. The fourth-order valence-corrected chi connectivity index (χ4v) is 3.15. The summed E-state index contributed by atoms with van der Waals surface area (Å²) in [5, 5.41) is 8.14. The van der Waals surface area contributed by atoms with E-state index < -0.39 is 0 Å². The van der Waals surface area contributed by atoms with Crippen LogP contribution in [0.3, 0.4) is 0 Å². The van der Waals surface area contributed by atoms with Gasteiger partial charge in [0.05, 0.1) is 6.20 Å². The third-order valence-electron chi connectivity index (χ3n) is 3.96. The third kappa shape index (κ3) is 3.14. The molecule has 0 saturated heterocycles. The molecule has 0 aliphatic heterocycles. The molecule has 1 aliphatic carbocycles. The fraction of sp³-hybridized carbons (Fsp3) is 0.800. The average molecular weight is 249 g/mol. The molecule has 1 heterocycles. The average Bonchev–Trinajstić information content (AvgIpc) is 2.68. The van der Waals surface area contributed by atoms with Crippen LogP contribution in [0.1, 0.15) is 57.3 Å². The number of hydrogen-bond acceptors (Lipinski definition) is 2. The van der Waals surface area contributed by atoms with Crippen LogP contribution in [0.2, 0.25) is 0 Å². The summed E-state index contributed by atoms with van der Waals surface area (Å²) in [6.45, 7) is 8.07. The summed E-state index contributed by atoms with van der Waals surface area (Å²) in [5.41, 5.74) is 2.86. The zero-order valence-corrected chi connectivity index (χ0v) is 12.2. The van der Waals surface area contributed by atoms with Crippen LogP contribution in [-0.2, 0) is 13.5 Å². The second kappa shape index (κ2) is 5.87. The Morgan fingerprint density at radius 3 is 2.94 bits per heavy atom. The van der Waals surface area contributed by atoms with E-state index in [1.807, 2.05) is 4.68 Å². The Morgan fingerprint density at radius 1 is 1.44 bits per heavy atom. The van der Waals surface area contributed by atoms with Gasteiger partial charge < -0.3 is 5.32 Å². The molecule has 0 bridgehead atoms. The van der Waals surface area contributed by atoms with Gasteiger partial charge in [-0.1, -0.05) is 20.8 Å². The molecule has 1 aliphatic rings. The van der Waals surface area contributed by atoms with Crippen LogP contribution in [0.25, 0.3) is 0 Å². The minimum absolute atomic E-state index is 0.525. The SMILES string of the molecule is CC(C)CC(C)CNC1CCCc2c1cnn2C. The summed E-state index contributed by atoms with van der Waals surface area (Å²) in [6.07, 6.45) is 7.08. The van der Waals surface area contributed by atoms with Crippen molar-refractivity contribution in [1.29, 1.82) is 0 Å². The van der Waals surface area contributed by atoms with Crippen molar-refractivity contribution in [2.45, 2.75) is 52.5 Å². The van der Waals surface area contributed by atoms with Gasteiger partial charge in [0.1, 0.15) is 0 Å². The van der Waals surface area contributed by atoms with Crippen molar-refractivity contribution in [2.75, 3.05) is 6.54 Å². The van der Waals surface area contributed by atoms with Gasteiger partial charge in [-0.2, -0.15) is 5.10 Å². The van der Waals surface area contributed by atoms with Crippen LogP contribution < -0.4 is 5.32 Å². The second-order valence-corrected chi connectivity index (χ2v) is 6.26. The molecule has 0 aromatic carbocycles. The normalized spacial score (nSPS) is 21.1. The summed E-state index contributed by atoms with van der Waals surface area (Å²) in [7, 11) is 2.06. The van der Waals surface area contributed by atoms with Gasteiger partial charge in [0, 0.05) is 24.3 Å². The number of hydrogen-bond donors (Lipinski definition) is 1. The molecule has 3 nitrogen and oxygen atoms in total. The van der Waals surface area contributed by atoms with Crippen LogP contribution in [0, 0.1) is 11.8 Å². The molecule has 1 aromatic heterocycles. The highest BCUT2D eigenvalue weighted by atomic mass is 15.3. The predicted octanol–water partition coefficient (Wildman–Crippen LogP) is 3.07. The van der Waals surface area contributed by atoms with Crippen LogP contribution >= 0.6 is 0 Å². The van der Waals surface area contributed by atoms with Crippen molar-refractivity contribution in [3.63, 3.8) is 0 Å². The van der Waals surface area contributed by atoms with Crippen molar-refractivity contribution >= 4 is 0 Å². The van der Waals surface area contributed by atoms with Crippen LogP contribution in [-0.4, -0.2) is 16.3 Å². The van der Waals surface area contributed by atoms with Gasteiger partial charge in [0.15, 0.2) is 0 Å². The lowest BCUT2D eigenvalue weighted by Crippen LogP contribution is -2.29. The van der Waals surface area contributed by atoms with E-state index >= 15 is 0 Å². The topological polar surface area (TPSA) is 29.9 Å². The zero-order valence-electron chi connectivity index (χ0n) is 12.2. The molecule has 18 heavy (non-hydrogen) atoms. The van der Waals surface area contributed by atoms with E-state index in [0.717, 1.165) is 18.4 Å². The van der Waals surface area contributed by atoms with Crippen LogP contribution in [0.4, 0.5) is 0 Å². The molecule has 0 spiro atoms. The fourth-order valence-electron chi connectivity index (χ4n) is 3.15. The first kappa shape index (κ1) is 13.6. The van der Waals surface area contributed by atoms with Crippen LogP contribution in [0.15, 0.2) is 6.20 Å². The molecule has 0 fully saturated rings. The number of nitrogens with one attached hydrogen (secondary N) is 1. The Morgan fingerprint density at radius 2 is 2.22 bits per heavy atom. The van der Waals surface area contributed by atoms with Crippen molar-refractivity contribution in [3.05, 3.63) is 17.5 Å². The standard InChI is InChI=1S/C15H27N3/c1-11(2)8-12(3)9-16-14-6-5-7-15-13(14)10-17-18(15)4/h10-12,14,16H,5-9H2,1-4H3. The van der Waals surface area contributed by atoms with Gasteiger partial charge in [0.25, 0.3) is 0 Å². The molecule has 2 atom stereocenters. The summed E-state index contributed by atoms with van der Waals surface area (Å²) in [6, 6.07) is 0.525. The van der Waals surface area contributed by atoms with Gasteiger partial charge in [-0.3, -0.25) is 4.68 Å². The van der Waals surface area contributed by atoms with E-state index in [-0.39, 0.29) is 0 Å². The summed E-state index contributed by atoms with van der Waals surface area (Å²) < 4.78 is 2.04. The first-order valence-corrected chi connectivity index (χ1v) is 7.32. The molecule has 1 N–H and O–H groups in total. The summed E-state index contributed by atoms with van der Waals surface area (Å²) in [4.78, 5) is 0. The van der Waals surface area contributed by atoms with E-state index in [1.54, 1.807) is 0 Å². The Kier molecular flexibility index (Phi) is 4.44. The summed E-state index contributed by atoms with van der Waals surface area (Å²) in [5.74, 6) is 1.55. The first-order valence-electron chi connectivity index (χ1n) is 7.32. The van der Waals surface area contributed by atoms with E-state index in [4.69, 9.17) is 0 Å². The van der Waals surface area contributed by atoms with Crippen molar-refractivity contribution in [3.8, 4) is 0 Å². The zero-order chi connectivity index (χ0) is 13.1. The molecule has 2 unspecified atom stereocenters. The van der Waals surface area contributed by atoms with E-state index in [9.17, 15) is 0 Å². The minimum Gasteiger partial charge on any atom is -0.310 e. The number of fused-ring (bicyclic) bond motifs is 1. The Labute approximate surface area is 111 Å². The highest BCUT2D eigenvalue weighted by Gasteiger charge is 2.23. The lowest BCUT2D eigenvalue weighted by atomic mass is 9.92. The molecule has 2 rings (SSSR count). The van der Waals surface area contributed by atoms with Gasteiger partial charge >= 0.3 is 0 Å². The van der Waals surface area contributed by atoms with Crippen molar-refractivity contribution in [2.24, 2.45) is 18.9 Å². The molecule has 3 heteroatoms. The van der Waals surface area contributed by atoms with Crippen LogP contribution in [0.5, 0.6) is 0 Å². The molecule has 102 valence electrons. The minimum atomic E-state index is 0.525. The van der Waals surface area contributed by atoms with Crippen molar-refractivity contribution in [1.82, 2.24) is 15.1 Å². The van der Waals surface area contributed by atoms with Gasteiger partial charge in [-0.05, 0) is 44.1 Å². The van der Waals surface area contributed by atoms with E-state index in [2.05, 4.69) is 44.4 Å². The molecular weight excluding hydrogens is 222 g/mol. The lowest BCUT2D eigenvalue weighted by Gasteiger charge is -2.26. The maximum absolute atomic E-state index is 4.40.